The van der Waals surface area contributed by atoms with Gasteiger partial charge in [-0.05, 0) is 5.56 Å². The fourth-order valence-corrected chi connectivity index (χ4v) is 2.02. The molecule has 1 heterocycles. The van der Waals surface area contributed by atoms with Gasteiger partial charge >= 0.3 is 12.1 Å². The van der Waals surface area contributed by atoms with Gasteiger partial charge in [-0.1, -0.05) is 30.3 Å². The molecule has 0 aliphatic rings. The Kier molecular flexibility index (Phi) is 6.52. The number of aromatic amines is 1. The quantitative estimate of drug-likeness (QED) is 0.548. The number of hydrogen-bond acceptors (Lipinski definition) is 5. The molecule has 1 atom stereocenters. The first kappa shape index (κ1) is 18.0. The lowest BCUT2D eigenvalue weighted by atomic mass is 10.1. The van der Waals surface area contributed by atoms with Gasteiger partial charge < -0.3 is 25.5 Å². The summed E-state index contributed by atoms with van der Waals surface area (Å²) in [6, 6.07) is 8.08. The maximum absolute atomic E-state index is 12.1. The summed E-state index contributed by atoms with van der Waals surface area (Å²) in [4.78, 5) is 41.3. The first-order valence-corrected chi connectivity index (χ1v) is 7.48. The third-order valence-corrected chi connectivity index (χ3v) is 3.21. The monoisotopic (exact) mass is 346 g/mol. The molecule has 9 heteroatoms. The van der Waals surface area contributed by atoms with Gasteiger partial charge in [0.05, 0.1) is 6.33 Å². The van der Waals surface area contributed by atoms with Gasteiger partial charge in [0.15, 0.2) is 0 Å². The van der Waals surface area contributed by atoms with E-state index < -0.39 is 30.6 Å². The first-order valence-electron chi connectivity index (χ1n) is 7.48. The van der Waals surface area contributed by atoms with Crippen molar-refractivity contribution in [3.63, 3.8) is 0 Å². The molecule has 132 valence electrons. The van der Waals surface area contributed by atoms with Gasteiger partial charge in [0.25, 0.3) is 0 Å². The van der Waals surface area contributed by atoms with Gasteiger partial charge in [0.1, 0.15) is 19.2 Å². The molecule has 0 saturated heterocycles. The summed E-state index contributed by atoms with van der Waals surface area (Å²) < 4.78 is 5.08. The van der Waals surface area contributed by atoms with Crippen LogP contribution in [0.5, 0.6) is 0 Å². The van der Waals surface area contributed by atoms with Crippen molar-refractivity contribution in [3.8, 4) is 0 Å². The number of rotatable bonds is 8. The molecule has 4 N–H and O–H groups in total. The minimum Gasteiger partial charge on any atom is -0.480 e. The number of aromatic nitrogens is 2. The minimum absolute atomic E-state index is 0.0557. The molecule has 1 unspecified atom stereocenters. The zero-order valence-electron chi connectivity index (χ0n) is 13.3. The van der Waals surface area contributed by atoms with Gasteiger partial charge in [0.2, 0.25) is 5.91 Å². The molecule has 2 rings (SSSR count). The molecular formula is C16H18N4O5. The maximum Gasteiger partial charge on any atom is 0.408 e. The molecule has 2 aromatic rings. The Morgan fingerprint density at radius 2 is 2.00 bits per heavy atom. The van der Waals surface area contributed by atoms with E-state index in [4.69, 9.17) is 9.84 Å². The molecule has 0 aliphatic carbocycles. The van der Waals surface area contributed by atoms with Crippen LogP contribution < -0.4 is 10.6 Å². The molecule has 0 fully saturated rings. The van der Waals surface area contributed by atoms with Crippen LogP contribution in [0.2, 0.25) is 0 Å². The molecule has 2 amide bonds. The average molecular weight is 346 g/mol. The van der Waals surface area contributed by atoms with Crippen LogP contribution in [0.4, 0.5) is 4.79 Å². The maximum atomic E-state index is 12.1. The zero-order valence-corrected chi connectivity index (χ0v) is 13.3. The highest BCUT2D eigenvalue weighted by atomic mass is 16.5. The van der Waals surface area contributed by atoms with Crippen LogP contribution in [0.15, 0.2) is 42.9 Å². The molecule has 0 aliphatic heterocycles. The second-order valence-corrected chi connectivity index (χ2v) is 5.15. The van der Waals surface area contributed by atoms with Crippen LogP contribution in [-0.2, 0) is 27.4 Å². The molecule has 0 bridgehead atoms. The van der Waals surface area contributed by atoms with E-state index in [0.29, 0.717) is 5.69 Å². The number of hydrogen-bond donors (Lipinski definition) is 4. The second-order valence-electron chi connectivity index (χ2n) is 5.15. The number of carboxylic acids is 1. The number of alkyl carbamates (subject to hydrolysis) is 1. The molecule has 1 aromatic carbocycles. The third-order valence-electron chi connectivity index (χ3n) is 3.21. The third kappa shape index (κ3) is 6.34. The predicted molar refractivity (Wildman–Crippen MR) is 86.5 cm³/mol. The Hall–Kier alpha value is -3.36. The van der Waals surface area contributed by atoms with Crippen molar-refractivity contribution in [2.45, 2.75) is 19.1 Å². The van der Waals surface area contributed by atoms with Crippen molar-refractivity contribution < 1.29 is 24.2 Å². The van der Waals surface area contributed by atoms with E-state index in [0.717, 1.165) is 5.56 Å². The summed E-state index contributed by atoms with van der Waals surface area (Å²) in [6.45, 7) is -0.487. The topological polar surface area (TPSA) is 133 Å². The van der Waals surface area contributed by atoms with Crippen molar-refractivity contribution in [3.05, 3.63) is 54.1 Å². The fraction of sp³-hybridized carbons (Fsp3) is 0.250. The lowest BCUT2D eigenvalue weighted by Crippen LogP contribution is -2.49. The van der Waals surface area contributed by atoms with Gasteiger partial charge in [-0.2, -0.15) is 0 Å². The van der Waals surface area contributed by atoms with E-state index in [2.05, 4.69) is 20.6 Å². The summed E-state index contributed by atoms with van der Waals surface area (Å²) in [5.74, 6) is -1.81. The number of H-pyrrole nitrogens is 1. The lowest BCUT2D eigenvalue weighted by Gasteiger charge is -2.17. The number of nitrogens with one attached hydrogen (secondary N) is 3. The Bertz CT molecular complexity index is 703. The van der Waals surface area contributed by atoms with Crippen LogP contribution in [0.3, 0.4) is 0 Å². The number of carboxylic acid groups (broad SMARTS) is 1. The molecule has 0 radical (unpaired) electrons. The largest absolute Gasteiger partial charge is 0.480 e. The number of amides is 2. The van der Waals surface area contributed by atoms with Crippen LogP contribution in [0.25, 0.3) is 0 Å². The summed E-state index contributed by atoms with van der Waals surface area (Å²) >= 11 is 0. The molecule has 1 aromatic heterocycles. The Morgan fingerprint density at radius 1 is 1.24 bits per heavy atom. The molecule has 0 saturated carbocycles. The zero-order chi connectivity index (χ0) is 18.1. The van der Waals surface area contributed by atoms with E-state index in [9.17, 15) is 14.4 Å². The summed E-state index contributed by atoms with van der Waals surface area (Å²) in [7, 11) is 0. The predicted octanol–water partition coefficient (Wildman–Crippen LogP) is 0.448. The highest BCUT2D eigenvalue weighted by Crippen LogP contribution is 2.03. The van der Waals surface area contributed by atoms with E-state index >= 15 is 0 Å². The smallest absolute Gasteiger partial charge is 0.408 e. The minimum atomic E-state index is -1.18. The summed E-state index contributed by atoms with van der Waals surface area (Å²) in [5, 5.41) is 13.3. The van der Waals surface area contributed by atoms with Crippen molar-refractivity contribution in [2.24, 2.45) is 0 Å². The number of carbonyl (C=O) groups excluding carboxylic acids is 2. The van der Waals surface area contributed by atoms with Crippen LogP contribution in [0, 0.1) is 0 Å². The van der Waals surface area contributed by atoms with Gasteiger partial charge in [-0.3, -0.25) is 9.59 Å². The van der Waals surface area contributed by atoms with Crippen LogP contribution in [0.1, 0.15) is 11.3 Å². The van der Waals surface area contributed by atoms with Crippen molar-refractivity contribution in [1.29, 1.82) is 0 Å². The Labute approximate surface area is 143 Å². The highest BCUT2D eigenvalue weighted by Gasteiger charge is 2.23. The first-order chi connectivity index (χ1) is 12.0. The van der Waals surface area contributed by atoms with E-state index in [1.807, 2.05) is 18.2 Å². The van der Waals surface area contributed by atoms with Crippen molar-refractivity contribution in [1.82, 2.24) is 20.6 Å². The van der Waals surface area contributed by atoms with Crippen LogP contribution >= 0.6 is 0 Å². The highest BCUT2D eigenvalue weighted by molar-refractivity contribution is 5.88. The lowest BCUT2D eigenvalue weighted by molar-refractivity contribution is -0.138. The number of nitrogens with zero attached hydrogens (tertiary/aromatic N) is 1. The van der Waals surface area contributed by atoms with Gasteiger partial charge in [-0.25, -0.2) is 9.78 Å². The Morgan fingerprint density at radius 3 is 2.64 bits per heavy atom. The average Bonchev–Trinajstić information content (AvgIpc) is 3.11. The van der Waals surface area contributed by atoms with Crippen LogP contribution in [-0.4, -0.2) is 45.6 Å². The molecular weight excluding hydrogens is 328 g/mol. The van der Waals surface area contributed by atoms with E-state index in [1.165, 1.54) is 12.5 Å². The van der Waals surface area contributed by atoms with Gasteiger partial charge in [0, 0.05) is 18.3 Å². The fourth-order valence-electron chi connectivity index (χ4n) is 2.02. The van der Waals surface area contributed by atoms with Crippen molar-refractivity contribution >= 4 is 18.0 Å². The number of ether oxygens (including phenoxy) is 1. The number of carbonyl (C=O) groups is 3. The van der Waals surface area contributed by atoms with E-state index in [-0.39, 0.29) is 13.0 Å². The standard InChI is InChI=1S/C16H18N4O5/c21-14(22)8-18-15(23)13(6-12-7-17-10-19-12)20-16(24)25-9-11-4-2-1-3-5-11/h1-5,7,10,13H,6,8-9H2,(H,17,19)(H,18,23)(H,20,24)(H,21,22). The molecule has 25 heavy (non-hydrogen) atoms. The van der Waals surface area contributed by atoms with E-state index in [1.54, 1.807) is 12.1 Å². The molecule has 0 spiro atoms. The number of imidazole rings is 1. The normalized spacial score (nSPS) is 11.4. The summed E-state index contributed by atoms with van der Waals surface area (Å²) in [5.41, 5.74) is 1.41. The SMILES string of the molecule is O=C(O)CNC(=O)C(Cc1cnc[nH]1)NC(=O)OCc1ccccc1. The van der Waals surface area contributed by atoms with Gasteiger partial charge in [-0.15, -0.1) is 0 Å². The van der Waals surface area contributed by atoms with Crippen molar-refractivity contribution in [2.75, 3.05) is 6.54 Å². The Balaban J connectivity index is 1.92. The number of aliphatic carboxylic acids is 1. The molecule has 9 nitrogen and oxygen atoms in total. The number of benzene rings is 1. The second kappa shape index (κ2) is 9.06. The summed E-state index contributed by atoms with van der Waals surface area (Å²) in [6.07, 6.45) is 2.29.